The van der Waals surface area contributed by atoms with E-state index in [1.807, 2.05) is 0 Å². The molecule has 6 rings (SSSR count). The molecule has 0 atom stereocenters. The minimum absolute atomic E-state index is 0.0617. The number of halogens is 6. The van der Waals surface area contributed by atoms with Crippen molar-refractivity contribution in [3.05, 3.63) is 109 Å². The Labute approximate surface area is 282 Å². The van der Waals surface area contributed by atoms with Crippen molar-refractivity contribution in [1.82, 2.24) is 0 Å². The first-order chi connectivity index (χ1) is 24.0. The first kappa shape index (κ1) is 34.4. The average molecular weight is 695 g/mol. The van der Waals surface area contributed by atoms with E-state index in [-0.39, 0.29) is 47.3 Å². The highest BCUT2D eigenvalue weighted by Crippen LogP contribution is 2.54. The van der Waals surface area contributed by atoms with Crippen molar-refractivity contribution in [2.75, 3.05) is 27.8 Å². The van der Waals surface area contributed by atoms with E-state index in [0.717, 1.165) is 0 Å². The zero-order valence-electron chi connectivity index (χ0n) is 26.5. The van der Waals surface area contributed by atoms with Crippen LogP contribution in [0.5, 0.6) is 23.0 Å². The Morgan fingerprint density at radius 2 is 0.820 bits per heavy atom. The van der Waals surface area contributed by atoms with Crippen molar-refractivity contribution in [2.24, 2.45) is 0 Å². The smallest absolute Gasteiger partial charge is 0.466 e. The lowest BCUT2D eigenvalue weighted by molar-refractivity contribution is -0.275. The summed E-state index contributed by atoms with van der Waals surface area (Å²) >= 11 is 0. The zero-order valence-corrected chi connectivity index (χ0v) is 26.5. The second-order valence-electron chi connectivity index (χ2n) is 10.9. The van der Waals surface area contributed by atoms with Gasteiger partial charge in [-0.1, -0.05) is 84.9 Å². The monoisotopic (exact) mass is 694 g/mol. The maximum absolute atomic E-state index is 13.6. The zero-order chi connectivity index (χ0) is 35.5. The van der Waals surface area contributed by atoms with Crippen molar-refractivity contribution in [3.63, 3.8) is 0 Å². The first-order valence-corrected chi connectivity index (χ1v) is 15.0. The summed E-state index contributed by atoms with van der Waals surface area (Å²) in [5.74, 6) is -0.742. The predicted molar refractivity (Wildman–Crippen MR) is 176 cm³/mol. The van der Waals surface area contributed by atoms with Gasteiger partial charge >= 0.3 is 12.7 Å². The summed E-state index contributed by atoms with van der Waals surface area (Å²) in [4.78, 5) is 0. The van der Waals surface area contributed by atoms with E-state index in [1.165, 1.54) is 50.6 Å². The number of fused-ring (bicyclic) bond motifs is 2. The van der Waals surface area contributed by atoms with Gasteiger partial charge in [-0.3, -0.25) is 0 Å². The molecule has 6 aromatic carbocycles. The van der Waals surface area contributed by atoms with Gasteiger partial charge in [0, 0.05) is 47.6 Å². The Bertz CT molecular complexity index is 1990. The van der Waals surface area contributed by atoms with Crippen LogP contribution in [-0.2, 0) is 9.47 Å². The summed E-state index contributed by atoms with van der Waals surface area (Å²) in [7, 11) is 2.78. The van der Waals surface area contributed by atoms with Crippen LogP contribution in [0.2, 0.25) is 0 Å². The molecule has 0 N–H and O–H groups in total. The third-order valence-electron chi connectivity index (χ3n) is 7.70. The molecular weight excluding hydrogens is 666 g/mol. The lowest BCUT2D eigenvalue weighted by Crippen LogP contribution is -2.17. The molecule has 0 bridgehead atoms. The molecule has 0 radical (unpaired) electrons. The molecule has 0 amide bonds. The molecule has 50 heavy (non-hydrogen) atoms. The van der Waals surface area contributed by atoms with Gasteiger partial charge in [-0.2, -0.15) is 0 Å². The Balaban J connectivity index is 1.79. The number of ether oxygens (including phenoxy) is 6. The predicted octanol–water partition coefficient (Wildman–Crippen LogP) is 10.8. The summed E-state index contributed by atoms with van der Waals surface area (Å²) in [5.41, 5.74) is 1.32. The molecule has 6 nitrogen and oxygen atoms in total. The summed E-state index contributed by atoms with van der Waals surface area (Å²) < 4.78 is 114. The van der Waals surface area contributed by atoms with E-state index in [1.54, 1.807) is 72.8 Å². The van der Waals surface area contributed by atoms with Crippen molar-refractivity contribution >= 4 is 21.5 Å². The van der Waals surface area contributed by atoms with Gasteiger partial charge in [0.05, 0.1) is 0 Å². The van der Waals surface area contributed by atoms with Gasteiger partial charge < -0.3 is 28.4 Å². The van der Waals surface area contributed by atoms with Gasteiger partial charge in [-0.25, -0.2) is 0 Å². The molecule has 0 saturated carbocycles. The SMILES string of the molecule is COCOc1c(-c2ccccc2OC(F)(F)F)cc2ccccc2c1-c1c(OCOC)c(-c2ccccc2OC(F)(F)F)cc2ccccc12. The summed E-state index contributed by atoms with van der Waals surface area (Å²) in [6, 6.07) is 28.9. The third kappa shape index (κ3) is 7.26. The first-order valence-electron chi connectivity index (χ1n) is 15.0. The average Bonchev–Trinajstić information content (AvgIpc) is 3.08. The van der Waals surface area contributed by atoms with Crippen molar-refractivity contribution in [2.45, 2.75) is 12.7 Å². The highest BCUT2D eigenvalue weighted by atomic mass is 19.4. The maximum Gasteiger partial charge on any atom is 0.573 e. The third-order valence-corrected chi connectivity index (χ3v) is 7.70. The molecule has 6 aromatic rings. The van der Waals surface area contributed by atoms with Gasteiger partial charge in [0.25, 0.3) is 0 Å². The minimum Gasteiger partial charge on any atom is -0.466 e. The topological polar surface area (TPSA) is 55.4 Å². The van der Waals surface area contributed by atoms with Crippen LogP contribution in [0, 0.1) is 0 Å². The largest absolute Gasteiger partial charge is 0.573 e. The van der Waals surface area contributed by atoms with E-state index in [0.29, 0.717) is 32.7 Å². The molecule has 0 saturated heterocycles. The highest BCUT2D eigenvalue weighted by molar-refractivity contribution is 6.14. The van der Waals surface area contributed by atoms with E-state index >= 15 is 0 Å². The molecule has 0 spiro atoms. The molecule has 0 fully saturated rings. The lowest BCUT2D eigenvalue weighted by atomic mass is 9.86. The van der Waals surface area contributed by atoms with Crippen LogP contribution in [-0.4, -0.2) is 40.5 Å². The number of para-hydroxylation sites is 2. The van der Waals surface area contributed by atoms with Crippen LogP contribution in [0.1, 0.15) is 0 Å². The van der Waals surface area contributed by atoms with Crippen molar-refractivity contribution in [1.29, 1.82) is 0 Å². The molecule has 0 aliphatic rings. The molecule has 0 aliphatic heterocycles. The van der Waals surface area contributed by atoms with E-state index < -0.39 is 24.2 Å². The van der Waals surface area contributed by atoms with Gasteiger partial charge in [0.15, 0.2) is 13.6 Å². The fraction of sp³-hybridized carbons (Fsp3) is 0.158. The Hall–Kier alpha value is -5.46. The van der Waals surface area contributed by atoms with Crippen LogP contribution in [0.4, 0.5) is 26.3 Å². The highest BCUT2D eigenvalue weighted by Gasteiger charge is 2.35. The van der Waals surface area contributed by atoms with Gasteiger partial charge in [-0.05, 0) is 45.8 Å². The van der Waals surface area contributed by atoms with Crippen LogP contribution in [0.25, 0.3) is 54.9 Å². The molecular formula is C38H28F6O6. The van der Waals surface area contributed by atoms with Crippen LogP contribution >= 0.6 is 0 Å². The fourth-order valence-electron chi connectivity index (χ4n) is 5.89. The van der Waals surface area contributed by atoms with Gasteiger partial charge in [0.2, 0.25) is 0 Å². The summed E-state index contributed by atoms with van der Waals surface area (Å²) in [6.45, 7) is -0.621. The second-order valence-corrected chi connectivity index (χ2v) is 10.9. The molecule has 0 aliphatic carbocycles. The normalized spacial score (nSPS) is 11.9. The number of hydrogen-bond acceptors (Lipinski definition) is 6. The number of rotatable bonds is 11. The quantitative estimate of drug-likeness (QED) is 0.0994. The van der Waals surface area contributed by atoms with Crippen LogP contribution in [0.3, 0.4) is 0 Å². The molecule has 0 heterocycles. The van der Waals surface area contributed by atoms with Gasteiger partial charge in [0.1, 0.15) is 23.0 Å². The molecule has 258 valence electrons. The lowest BCUT2D eigenvalue weighted by Gasteiger charge is -2.25. The summed E-state index contributed by atoms with van der Waals surface area (Å²) in [5, 5.41) is 2.41. The van der Waals surface area contributed by atoms with Crippen molar-refractivity contribution < 1.29 is 54.8 Å². The van der Waals surface area contributed by atoms with E-state index in [2.05, 4.69) is 9.47 Å². The number of benzene rings is 6. The fourth-order valence-corrected chi connectivity index (χ4v) is 5.89. The Morgan fingerprint density at radius 3 is 1.20 bits per heavy atom. The molecule has 12 heteroatoms. The second kappa shape index (κ2) is 14.2. The number of hydrogen-bond donors (Lipinski definition) is 0. The van der Waals surface area contributed by atoms with Crippen LogP contribution < -0.4 is 18.9 Å². The molecule has 0 unspecified atom stereocenters. The Morgan fingerprint density at radius 1 is 0.460 bits per heavy atom. The van der Waals surface area contributed by atoms with Crippen molar-refractivity contribution in [3.8, 4) is 56.4 Å². The van der Waals surface area contributed by atoms with Crippen LogP contribution in [0.15, 0.2) is 109 Å². The Kier molecular flexibility index (Phi) is 9.76. The van der Waals surface area contributed by atoms with E-state index in [4.69, 9.17) is 18.9 Å². The number of methoxy groups -OCH3 is 2. The number of alkyl halides is 6. The van der Waals surface area contributed by atoms with E-state index in [9.17, 15) is 26.3 Å². The van der Waals surface area contributed by atoms with Gasteiger partial charge in [-0.15, -0.1) is 26.3 Å². The molecule has 0 aromatic heterocycles. The standard InChI is InChI=1S/C38H28F6O6/c1-45-21-47-35-29(27-15-7-9-17-31(27)49-37(39,40)41)19-23-11-3-5-13-25(23)33(35)34-26-14-6-4-12-24(26)20-30(36(34)48-22-46-2)28-16-8-10-18-32(28)50-38(42,43)44/h3-20H,21-22H2,1-2H3. The minimum atomic E-state index is -5.00. The maximum atomic E-state index is 13.6. The summed E-state index contributed by atoms with van der Waals surface area (Å²) in [6.07, 6.45) is -10.00.